The van der Waals surface area contributed by atoms with Crippen molar-refractivity contribution in [3.8, 4) is 0 Å². The first-order chi connectivity index (χ1) is 9.98. The van der Waals surface area contributed by atoms with Gasteiger partial charge in [0.05, 0.1) is 11.8 Å². The summed E-state index contributed by atoms with van der Waals surface area (Å²) < 4.78 is 5.71. The Labute approximate surface area is 128 Å². The highest BCUT2D eigenvalue weighted by atomic mass is 16.5. The predicted molar refractivity (Wildman–Crippen MR) is 87.7 cm³/mol. The molecule has 118 valence electrons. The summed E-state index contributed by atoms with van der Waals surface area (Å²) in [5.41, 5.74) is 1.22. The molecule has 4 nitrogen and oxygen atoms in total. The Hall–Kier alpha value is -1.13. The fraction of sp³-hybridized carbons (Fsp3) is 0.706. The fourth-order valence-corrected chi connectivity index (χ4v) is 2.58. The lowest BCUT2D eigenvalue weighted by Gasteiger charge is -2.32. The Balaban J connectivity index is 1.92. The number of nitrogens with zero attached hydrogens (tertiary/aromatic N) is 2. The Morgan fingerprint density at radius 2 is 2.00 bits per heavy atom. The molecule has 1 aromatic heterocycles. The molecule has 0 aromatic carbocycles. The fourth-order valence-electron chi connectivity index (χ4n) is 2.58. The van der Waals surface area contributed by atoms with Crippen molar-refractivity contribution in [1.82, 2.24) is 10.3 Å². The van der Waals surface area contributed by atoms with E-state index in [0.29, 0.717) is 6.10 Å². The maximum atomic E-state index is 5.71. The van der Waals surface area contributed by atoms with Gasteiger partial charge in [-0.15, -0.1) is 0 Å². The van der Waals surface area contributed by atoms with Crippen LogP contribution in [0.5, 0.6) is 0 Å². The number of hydrogen-bond acceptors (Lipinski definition) is 4. The van der Waals surface area contributed by atoms with Gasteiger partial charge in [-0.1, -0.05) is 6.07 Å². The third-order valence-electron chi connectivity index (χ3n) is 3.76. The zero-order valence-corrected chi connectivity index (χ0v) is 13.9. The molecule has 1 aromatic rings. The Morgan fingerprint density at radius 1 is 1.29 bits per heavy atom. The van der Waals surface area contributed by atoms with Gasteiger partial charge in [0.25, 0.3) is 0 Å². The summed E-state index contributed by atoms with van der Waals surface area (Å²) in [5, 5.41) is 3.49. The zero-order chi connectivity index (χ0) is 15.3. The van der Waals surface area contributed by atoms with Crippen LogP contribution in [-0.2, 0) is 11.3 Å². The van der Waals surface area contributed by atoms with E-state index >= 15 is 0 Å². The van der Waals surface area contributed by atoms with E-state index in [2.05, 4.69) is 56.1 Å². The molecule has 0 spiro atoms. The van der Waals surface area contributed by atoms with Crippen molar-refractivity contribution in [2.24, 2.45) is 0 Å². The zero-order valence-electron chi connectivity index (χ0n) is 13.9. The standard InChI is InChI=1S/C17H29N3O/c1-5-21-15-9-11-20(12-10-15)16-8-6-7-14(19-16)13-18-17(2,3)4/h6-8,15,18H,5,9-13H2,1-4H3. The van der Waals surface area contributed by atoms with Crippen LogP contribution in [-0.4, -0.2) is 36.3 Å². The number of rotatable bonds is 5. The van der Waals surface area contributed by atoms with Crippen LogP contribution >= 0.6 is 0 Å². The van der Waals surface area contributed by atoms with Crippen LogP contribution in [0.15, 0.2) is 18.2 Å². The molecule has 1 saturated heterocycles. The van der Waals surface area contributed by atoms with Gasteiger partial charge in [0.1, 0.15) is 5.82 Å². The summed E-state index contributed by atoms with van der Waals surface area (Å²) in [6, 6.07) is 6.31. The quantitative estimate of drug-likeness (QED) is 0.905. The summed E-state index contributed by atoms with van der Waals surface area (Å²) in [5.74, 6) is 1.10. The Bertz CT molecular complexity index is 434. The first-order valence-electron chi connectivity index (χ1n) is 8.05. The molecule has 4 heteroatoms. The van der Waals surface area contributed by atoms with E-state index in [1.54, 1.807) is 0 Å². The number of piperidine rings is 1. The van der Waals surface area contributed by atoms with Crippen molar-refractivity contribution in [2.75, 3.05) is 24.6 Å². The van der Waals surface area contributed by atoms with Gasteiger partial charge >= 0.3 is 0 Å². The molecule has 2 rings (SSSR count). The summed E-state index contributed by atoms with van der Waals surface area (Å²) in [6.07, 6.45) is 2.62. The van der Waals surface area contributed by atoms with Crippen LogP contribution in [0.1, 0.15) is 46.2 Å². The molecule has 21 heavy (non-hydrogen) atoms. The number of nitrogens with one attached hydrogen (secondary N) is 1. The first-order valence-corrected chi connectivity index (χ1v) is 8.05. The van der Waals surface area contributed by atoms with E-state index in [4.69, 9.17) is 9.72 Å². The average molecular weight is 291 g/mol. The minimum Gasteiger partial charge on any atom is -0.378 e. The average Bonchev–Trinajstić information content (AvgIpc) is 2.46. The van der Waals surface area contributed by atoms with E-state index in [9.17, 15) is 0 Å². The second-order valence-corrected chi connectivity index (χ2v) is 6.73. The predicted octanol–water partition coefficient (Wildman–Crippen LogP) is 2.98. The number of anilines is 1. The number of hydrogen-bond donors (Lipinski definition) is 1. The molecular weight excluding hydrogens is 262 g/mol. The lowest BCUT2D eigenvalue weighted by molar-refractivity contribution is 0.0458. The van der Waals surface area contributed by atoms with Crippen molar-refractivity contribution in [3.05, 3.63) is 23.9 Å². The van der Waals surface area contributed by atoms with Gasteiger partial charge in [0, 0.05) is 31.8 Å². The largest absolute Gasteiger partial charge is 0.378 e. The molecular formula is C17H29N3O. The van der Waals surface area contributed by atoms with Crippen LogP contribution < -0.4 is 10.2 Å². The van der Waals surface area contributed by atoms with Crippen molar-refractivity contribution in [1.29, 1.82) is 0 Å². The maximum Gasteiger partial charge on any atom is 0.128 e. The maximum absolute atomic E-state index is 5.71. The van der Waals surface area contributed by atoms with Gasteiger partial charge in [0.15, 0.2) is 0 Å². The number of pyridine rings is 1. The summed E-state index contributed by atoms with van der Waals surface area (Å²) in [6.45, 7) is 12.3. The Morgan fingerprint density at radius 3 is 2.62 bits per heavy atom. The van der Waals surface area contributed by atoms with Crippen molar-refractivity contribution in [2.45, 2.75) is 58.7 Å². The smallest absolute Gasteiger partial charge is 0.128 e. The van der Waals surface area contributed by atoms with E-state index in [1.807, 2.05) is 0 Å². The molecule has 0 atom stereocenters. The highest BCUT2D eigenvalue weighted by Crippen LogP contribution is 2.20. The lowest BCUT2D eigenvalue weighted by atomic mass is 10.1. The van der Waals surface area contributed by atoms with Gasteiger partial charge in [-0.2, -0.15) is 0 Å². The SMILES string of the molecule is CCOC1CCN(c2cccc(CNC(C)(C)C)n2)CC1. The molecule has 1 fully saturated rings. The lowest BCUT2D eigenvalue weighted by Crippen LogP contribution is -2.38. The number of aromatic nitrogens is 1. The minimum absolute atomic E-state index is 0.119. The van der Waals surface area contributed by atoms with Crippen LogP contribution in [0.25, 0.3) is 0 Å². The third kappa shape index (κ3) is 5.29. The molecule has 0 amide bonds. The van der Waals surface area contributed by atoms with Gasteiger partial charge in [0.2, 0.25) is 0 Å². The van der Waals surface area contributed by atoms with Crippen LogP contribution in [0.2, 0.25) is 0 Å². The van der Waals surface area contributed by atoms with Crippen LogP contribution in [0.4, 0.5) is 5.82 Å². The first kappa shape index (κ1) is 16.2. The van der Waals surface area contributed by atoms with Crippen molar-refractivity contribution >= 4 is 5.82 Å². The van der Waals surface area contributed by atoms with Crippen molar-refractivity contribution < 1.29 is 4.74 Å². The molecule has 1 N–H and O–H groups in total. The molecule has 0 unspecified atom stereocenters. The van der Waals surface area contributed by atoms with E-state index in [0.717, 1.165) is 50.6 Å². The third-order valence-corrected chi connectivity index (χ3v) is 3.76. The van der Waals surface area contributed by atoms with Crippen molar-refractivity contribution in [3.63, 3.8) is 0 Å². The number of ether oxygens (including phenoxy) is 1. The molecule has 0 radical (unpaired) electrons. The summed E-state index contributed by atoms with van der Waals surface area (Å²) >= 11 is 0. The minimum atomic E-state index is 0.119. The summed E-state index contributed by atoms with van der Waals surface area (Å²) in [4.78, 5) is 7.16. The Kier molecular flexibility index (Phi) is 5.59. The summed E-state index contributed by atoms with van der Waals surface area (Å²) in [7, 11) is 0. The molecule has 0 aliphatic carbocycles. The topological polar surface area (TPSA) is 37.4 Å². The van der Waals surface area contributed by atoms with Gasteiger partial charge in [-0.3, -0.25) is 0 Å². The monoisotopic (exact) mass is 291 g/mol. The molecule has 1 aliphatic heterocycles. The van der Waals surface area contributed by atoms with Gasteiger partial charge in [-0.05, 0) is 52.7 Å². The highest BCUT2D eigenvalue weighted by Gasteiger charge is 2.20. The molecule has 1 aliphatic rings. The van der Waals surface area contributed by atoms with E-state index in [-0.39, 0.29) is 5.54 Å². The highest BCUT2D eigenvalue weighted by molar-refractivity contribution is 5.39. The van der Waals surface area contributed by atoms with Gasteiger partial charge < -0.3 is 15.0 Å². The molecule has 2 heterocycles. The van der Waals surface area contributed by atoms with Gasteiger partial charge in [-0.25, -0.2) is 4.98 Å². The molecule has 0 bridgehead atoms. The second-order valence-electron chi connectivity index (χ2n) is 6.73. The normalized spacial score (nSPS) is 17.2. The molecule has 0 saturated carbocycles. The van der Waals surface area contributed by atoms with E-state index in [1.165, 1.54) is 0 Å². The van der Waals surface area contributed by atoms with Crippen LogP contribution in [0, 0.1) is 0 Å². The van der Waals surface area contributed by atoms with Crippen LogP contribution in [0.3, 0.4) is 0 Å². The van der Waals surface area contributed by atoms with E-state index < -0.39 is 0 Å². The second kappa shape index (κ2) is 7.23.